The Labute approximate surface area is 118 Å². The molecule has 1 N–H and O–H groups in total. The summed E-state index contributed by atoms with van der Waals surface area (Å²) in [4.78, 5) is 26.8. The fraction of sp³-hybridized carbons (Fsp3) is 0.846. The summed E-state index contributed by atoms with van der Waals surface area (Å²) in [6.07, 6.45) is 4.45. The Bertz CT molecular complexity index is 364. The summed E-state index contributed by atoms with van der Waals surface area (Å²) in [6.45, 7) is 2.22. The molecule has 1 saturated heterocycles. The zero-order chi connectivity index (χ0) is 14.0. The zero-order valence-electron chi connectivity index (χ0n) is 11.5. The van der Waals surface area contributed by atoms with E-state index in [1.807, 2.05) is 7.05 Å². The molecule has 2 amide bonds. The Morgan fingerprint density at radius 2 is 2.11 bits per heavy atom. The molecule has 19 heavy (non-hydrogen) atoms. The van der Waals surface area contributed by atoms with Gasteiger partial charge in [0.1, 0.15) is 6.04 Å². The maximum atomic E-state index is 12.4. The fourth-order valence-corrected chi connectivity index (χ4v) is 4.09. The molecule has 2 fully saturated rings. The number of carbonyl (C=O) groups is 2. The van der Waals surface area contributed by atoms with Gasteiger partial charge in [0, 0.05) is 18.8 Å². The van der Waals surface area contributed by atoms with Crippen LogP contribution in [0.1, 0.15) is 32.6 Å². The number of amides is 2. The normalized spacial score (nSPS) is 31.3. The predicted octanol–water partition coefficient (Wildman–Crippen LogP) is 2.08. The summed E-state index contributed by atoms with van der Waals surface area (Å²) in [5.41, 5.74) is 0. The van der Waals surface area contributed by atoms with Crippen LogP contribution in [0.4, 0.5) is 4.79 Å². The molecule has 0 aromatic heterocycles. The Morgan fingerprint density at radius 3 is 2.74 bits per heavy atom. The quantitative estimate of drug-likeness (QED) is 0.844. The second kappa shape index (κ2) is 6.03. The van der Waals surface area contributed by atoms with Gasteiger partial charge < -0.3 is 14.9 Å². The van der Waals surface area contributed by atoms with E-state index in [1.165, 1.54) is 23.1 Å². The molecule has 1 saturated carbocycles. The molecule has 1 aliphatic carbocycles. The van der Waals surface area contributed by atoms with Crippen LogP contribution in [0.5, 0.6) is 0 Å². The van der Waals surface area contributed by atoms with Crippen molar-refractivity contribution in [2.75, 3.05) is 18.7 Å². The average molecular weight is 286 g/mol. The first-order chi connectivity index (χ1) is 9.00. The van der Waals surface area contributed by atoms with Crippen molar-refractivity contribution in [2.24, 2.45) is 5.92 Å². The van der Waals surface area contributed by atoms with Crippen LogP contribution in [0, 0.1) is 5.92 Å². The highest BCUT2D eigenvalue weighted by Crippen LogP contribution is 2.29. The van der Waals surface area contributed by atoms with Crippen LogP contribution in [0.2, 0.25) is 0 Å². The molecule has 0 aromatic carbocycles. The van der Waals surface area contributed by atoms with E-state index in [2.05, 4.69) is 6.92 Å². The second-order valence-electron chi connectivity index (χ2n) is 5.64. The first-order valence-corrected chi connectivity index (χ1v) is 8.00. The summed E-state index contributed by atoms with van der Waals surface area (Å²) in [6, 6.07) is -0.534. The standard InChI is InChI=1S/C13H22N2O3S/c1-9-4-3-5-10(6-9)14(2)13(18)15-8-19-7-11(15)12(16)17/h9-11H,3-8H2,1-2H3,(H,16,17)/t9?,10?,11-/m0/s1. The maximum absolute atomic E-state index is 12.4. The van der Waals surface area contributed by atoms with Gasteiger partial charge in [0.25, 0.3) is 0 Å². The van der Waals surface area contributed by atoms with E-state index in [9.17, 15) is 9.59 Å². The first kappa shape index (κ1) is 14.5. The molecule has 2 aliphatic rings. The summed E-state index contributed by atoms with van der Waals surface area (Å²) >= 11 is 1.51. The number of urea groups is 1. The highest BCUT2D eigenvalue weighted by Gasteiger charge is 2.38. The van der Waals surface area contributed by atoms with Gasteiger partial charge in [-0.3, -0.25) is 0 Å². The number of aliphatic carboxylic acids is 1. The van der Waals surface area contributed by atoms with Crippen molar-refractivity contribution in [3.63, 3.8) is 0 Å². The number of carbonyl (C=O) groups excluding carboxylic acids is 1. The van der Waals surface area contributed by atoms with Gasteiger partial charge in [-0.05, 0) is 18.8 Å². The summed E-state index contributed by atoms with van der Waals surface area (Å²) < 4.78 is 0. The largest absolute Gasteiger partial charge is 0.480 e. The molecule has 1 heterocycles. The molecule has 5 nitrogen and oxygen atoms in total. The third kappa shape index (κ3) is 3.16. The van der Waals surface area contributed by atoms with E-state index < -0.39 is 12.0 Å². The molecule has 0 aromatic rings. The third-order valence-corrected chi connectivity index (χ3v) is 5.18. The van der Waals surface area contributed by atoms with E-state index in [0.29, 0.717) is 17.5 Å². The van der Waals surface area contributed by atoms with Gasteiger partial charge in [-0.25, -0.2) is 9.59 Å². The van der Waals surface area contributed by atoms with Crippen molar-refractivity contribution in [3.05, 3.63) is 0 Å². The van der Waals surface area contributed by atoms with Crippen molar-refractivity contribution in [1.82, 2.24) is 9.80 Å². The van der Waals surface area contributed by atoms with Crippen LogP contribution in [0.15, 0.2) is 0 Å². The lowest BCUT2D eigenvalue weighted by Gasteiger charge is -2.36. The topological polar surface area (TPSA) is 60.9 Å². The Morgan fingerprint density at radius 1 is 1.37 bits per heavy atom. The second-order valence-corrected chi connectivity index (χ2v) is 6.64. The van der Waals surface area contributed by atoms with Crippen LogP contribution in [-0.2, 0) is 4.79 Å². The molecular formula is C13H22N2O3S. The van der Waals surface area contributed by atoms with Gasteiger partial charge in [0.05, 0.1) is 5.88 Å². The minimum Gasteiger partial charge on any atom is -0.480 e. The van der Waals surface area contributed by atoms with Crippen LogP contribution >= 0.6 is 11.8 Å². The van der Waals surface area contributed by atoms with Crippen molar-refractivity contribution < 1.29 is 14.7 Å². The van der Waals surface area contributed by atoms with Gasteiger partial charge in [0.15, 0.2) is 0 Å². The lowest BCUT2D eigenvalue weighted by Crippen LogP contribution is -2.51. The molecule has 2 unspecified atom stereocenters. The monoisotopic (exact) mass is 286 g/mol. The first-order valence-electron chi connectivity index (χ1n) is 6.84. The van der Waals surface area contributed by atoms with Crippen LogP contribution < -0.4 is 0 Å². The van der Waals surface area contributed by atoms with Crippen molar-refractivity contribution in [2.45, 2.75) is 44.7 Å². The van der Waals surface area contributed by atoms with E-state index in [1.54, 1.807) is 4.90 Å². The number of carboxylic acids is 1. The van der Waals surface area contributed by atoms with Crippen LogP contribution in [0.3, 0.4) is 0 Å². The van der Waals surface area contributed by atoms with Gasteiger partial charge in [-0.15, -0.1) is 11.8 Å². The Hall–Kier alpha value is -0.910. The van der Waals surface area contributed by atoms with E-state index >= 15 is 0 Å². The molecule has 0 radical (unpaired) electrons. The maximum Gasteiger partial charge on any atom is 0.327 e. The highest BCUT2D eigenvalue weighted by molar-refractivity contribution is 7.99. The van der Waals surface area contributed by atoms with Crippen LogP contribution in [-0.4, -0.2) is 57.7 Å². The van der Waals surface area contributed by atoms with Gasteiger partial charge >= 0.3 is 12.0 Å². The molecule has 3 atom stereocenters. The number of rotatable bonds is 2. The summed E-state index contributed by atoms with van der Waals surface area (Å²) in [7, 11) is 1.81. The molecule has 1 aliphatic heterocycles. The molecular weight excluding hydrogens is 264 g/mol. The lowest BCUT2D eigenvalue weighted by atomic mass is 9.86. The van der Waals surface area contributed by atoms with Crippen LogP contribution in [0.25, 0.3) is 0 Å². The highest BCUT2D eigenvalue weighted by atomic mass is 32.2. The minimum absolute atomic E-state index is 0.128. The molecule has 0 bridgehead atoms. The van der Waals surface area contributed by atoms with Crippen molar-refractivity contribution in [1.29, 1.82) is 0 Å². The number of hydrogen-bond acceptors (Lipinski definition) is 3. The number of carboxylic acid groups (broad SMARTS) is 1. The number of hydrogen-bond donors (Lipinski definition) is 1. The number of nitrogens with zero attached hydrogens (tertiary/aromatic N) is 2. The minimum atomic E-state index is -0.899. The van der Waals surface area contributed by atoms with Gasteiger partial charge in [-0.1, -0.05) is 19.8 Å². The summed E-state index contributed by atoms with van der Waals surface area (Å²) in [5.74, 6) is 0.735. The van der Waals surface area contributed by atoms with Crippen molar-refractivity contribution >= 4 is 23.8 Å². The van der Waals surface area contributed by atoms with E-state index in [4.69, 9.17) is 5.11 Å². The number of thioether (sulfide) groups is 1. The van der Waals surface area contributed by atoms with E-state index in [0.717, 1.165) is 19.3 Å². The molecule has 0 spiro atoms. The Kier molecular flexibility index (Phi) is 4.60. The lowest BCUT2D eigenvalue weighted by molar-refractivity contribution is -0.141. The van der Waals surface area contributed by atoms with Gasteiger partial charge in [0.2, 0.25) is 0 Å². The smallest absolute Gasteiger partial charge is 0.327 e. The Balaban J connectivity index is 2.00. The third-order valence-electron chi connectivity index (χ3n) is 4.17. The predicted molar refractivity (Wildman–Crippen MR) is 75.2 cm³/mol. The van der Waals surface area contributed by atoms with Crippen molar-refractivity contribution in [3.8, 4) is 0 Å². The molecule has 6 heteroatoms. The zero-order valence-corrected chi connectivity index (χ0v) is 12.4. The summed E-state index contributed by atoms with van der Waals surface area (Å²) in [5, 5.41) is 9.14. The van der Waals surface area contributed by atoms with Gasteiger partial charge in [-0.2, -0.15) is 0 Å². The fourth-order valence-electron chi connectivity index (χ4n) is 2.95. The molecule has 2 rings (SSSR count). The average Bonchev–Trinajstić information content (AvgIpc) is 2.86. The SMILES string of the molecule is CC1CCCC(N(C)C(=O)N2CSC[C@H]2C(=O)O)C1. The molecule has 108 valence electrons. The van der Waals surface area contributed by atoms with E-state index in [-0.39, 0.29) is 12.1 Å².